The van der Waals surface area contributed by atoms with E-state index in [1.165, 1.54) is 36.4 Å². The Morgan fingerprint density at radius 1 is 0.429 bits per heavy atom. The zero-order chi connectivity index (χ0) is 25.3. The van der Waals surface area contributed by atoms with Gasteiger partial charge in [0, 0.05) is 30.4 Å². The largest absolute Gasteiger partial charge is 0.508 e. The normalized spacial score (nSPS) is 11.0. The summed E-state index contributed by atoms with van der Waals surface area (Å²) in [6.07, 6.45) is 0.713. The Labute approximate surface area is 203 Å². The summed E-state index contributed by atoms with van der Waals surface area (Å²) in [5.41, 5.74) is 5.22. The van der Waals surface area contributed by atoms with Crippen LogP contribution in [0.25, 0.3) is 0 Å². The summed E-state index contributed by atoms with van der Waals surface area (Å²) >= 11 is 0. The minimum Gasteiger partial charge on any atom is -0.508 e. The van der Waals surface area contributed by atoms with Crippen molar-refractivity contribution >= 4 is 0 Å². The molecule has 35 heavy (non-hydrogen) atoms. The van der Waals surface area contributed by atoms with Gasteiger partial charge in [0.1, 0.15) is 34.5 Å². The van der Waals surface area contributed by atoms with E-state index in [0.717, 1.165) is 11.1 Å². The van der Waals surface area contributed by atoms with Gasteiger partial charge >= 0.3 is 0 Å². The van der Waals surface area contributed by atoms with Crippen molar-refractivity contribution in [2.75, 3.05) is 0 Å². The molecule has 0 fully saturated rings. The minimum absolute atomic E-state index is 0.0279. The van der Waals surface area contributed by atoms with Crippen LogP contribution in [0.15, 0.2) is 60.7 Å². The monoisotopic (exact) mass is 472 g/mol. The van der Waals surface area contributed by atoms with Gasteiger partial charge < -0.3 is 30.6 Å². The Balaban J connectivity index is 1.68. The van der Waals surface area contributed by atoms with Gasteiger partial charge in [-0.3, -0.25) is 0 Å². The molecule has 0 saturated carbocycles. The summed E-state index contributed by atoms with van der Waals surface area (Å²) in [4.78, 5) is 0. The van der Waals surface area contributed by atoms with E-state index in [-0.39, 0.29) is 53.8 Å². The molecule has 0 bridgehead atoms. The molecule has 0 aliphatic heterocycles. The second kappa shape index (κ2) is 9.50. The van der Waals surface area contributed by atoms with Gasteiger partial charge in [-0.2, -0.15) is 0 Å². The van der Waals surface area contributed by atoms with Crippen LogP contribution in [0.3, 0.4) is 0 Å². The molecule has 6 N–H and O–H groups in total. The fourth-order valence-corrected chi connectivity index (χ4v) is 4.45. The Morgan fingerprint density at radius 2 is 0.743 bits per heavy atom. The SMILES string of the molecule is Cc1cc(Cc2cc(O)ccc2O)c(O)c(Cc2cc(C)cc(Cc3cc(O)ccc3O)c2O)c1. The number of rotatable bonds is 6. The first-order chi connectivity index (χ1) is 16.6. The van der Waals surface area contributed by atoms with Crippen LogP contribution in [-0.4, -0.2) is 30.6 Å². The van der Waals surface area contributed by atoms with Crippen molar-refractivity contribution in [3.05, 3.63) is 105 Å². The van der Waals surface area contributed by atoms with Crippen LogP contribution in [0.2, 0.25) is 0 Å². The van der Waals surface area contributed by atoms with Crippen LogP contribution in [0.4, 0.5) is 0 Å². The van der Waals surface area contributed by atoms with Crippen molar-refractivity contribution in [1.29, 1.82) is 0 Å². The van der Waals surface area contributed by atoms with Crippen LogP contribution in [-0.2, 0) is 19.3 Å². The third-order valence-electron chi connectivity index (χ3n) is 6.09. The molecule has 0 aromatic heterocycles. The molecule has 6 nitrogen and oxygen atoms in total. The van der Waals surface area contributed by atoms with Crippen LogP contribution in [0.1, 0.15) is 44.5 Å². The minimum atomic E-state index is 0.0279. The summed E-state index contributed by atoms with van der Waals surface area (Å²) in [7, 11) is 0. The maximum atomic E-state index is 11.0. The van der Waals surface area contributed by atoms with Gasteiger partial charge in [-0.25, -0.2) is 0 Å². The smallest absolute Gasteiger partial charge is 0.122 e. The van der Waals surface area contributed by atoms with Gasteiger partial charge in [0.25, 0.3) is 0 Å². The summed E-state index contributed by atoms with van der Waals surface area (Å²) < 4.78 is 0. The van der Waals surface area contributed by atoms with E-state index in [2.05, 4.69) is 0 Å². The van der Waals surface area contributed by atoms with Crippen molar-refractivity contribution in [3.63, 3.8) is 0 Å². The van der Waals surface area contributed by atoms with Crippen molar-refractivity contribution < 1.29 is 30.6 Å². The number of benzene rings is 4. The third kappa shape index (κ3) is 5.27. The van der Waals surface area contributed by atoms with E-state index < -0.39 is 0 Å². The highest BCUT2D eigenvalue weighted by Gasteiger charge is 2.17. The number of hydrogen-bond acceptors (Lipinski definition) is 6. The Kier molecular flexibility index (Phi) is 6.47. The van der Waals surface area contributed by atoms with Gasteiger partial charge in [0.15, 0.2) is 0 Å². The Hall–Kier alpha value is -4.32. The van der Waals surface area contributed by atoms with E-state index in [0.29, 0.717) is 33.4 Å². The lowest BCUT2D eigenvalue weighted by Crippen LogP contribution is -1.99. The fourth-order valence-electron chi connectivity index (χ4n) is 4.45. The Bertz CT molecular complexity index is 1300. The zero-order valence-electron chi connectivity index (χ0n) is 19.6. The average molecular weight is 473 g/mol. The fraction of sp³-hybridized carbons (Fsp3) is 0.172. The van der Waals surface area contributed by atoms with E-state index >= 15 is 0 Å². The van der Waals surface area contributed by atoms with Crippen LogP contribution < -0.4 is 0 Å². The second-order valence-corrected chi connectivity index (χ2v) is 9.02. The standard InChI is InChI=1S/C29H28O6/c1-16-7-20(11-18-14-24(30)3-5-26(18)32)28(34)22(9-16)13-23-10-17(2)8-21(29(23)35)12-19-15-25(31)4-6-27(19)33/h3-10,14-15,30-35H,11-13H2,1-2H3. The number of phenolic OH excluding ortho intramolecular Hbond substituents is 6. The zero-order valence-corrected chi connectivity index (χ0v) is 19.6. The van der Waals surface area contributed by atoms with Crippen LogP contribution in [0, 0.1) is 13.8 Å². The predicted octanol–water partition coefficient (Wildman–Crippen LogP) is 5.31. The number of aryl methyl sites for hydroxylation is 2. The summed E-state index contributed by atoms with van der Waals surface area (Å²) in [5.74, 6) is 0.237. The first-order valence-electron chi connectivity index (χ1n) is 11.2. The molecule has 0 aliphatic carbocycles. The number of aromatic hydroxyl groups is 6. The Morgan fingerprint density at radius 3 is 1.09 bits per heavy atom. The van der Waals surface area contributed by atoms with Gasteiger partial charge in [-0.1, -0.05) is 35.4 Å². The van der Waals surface area contributed by atoms with Gasteiger partial charge in [0.2, 0.25) is 0 Å². The second-order valence-electron chi connectivity index (χ2n) is 9.02. The number of phenols is 6. The molecule has 0 radical (unpaired) electrons. The molecular weight excluding hydrogens is 444 g/mol. The summed E-state index contributed by atoms with van der Waals surface area (Å²) in [5, 5.41) is 62.0. The highest BCUT2D eigenvalue weighted by atomic mass is 16.3. The predicted molar refractivity (Wildman–Crippen MR) is 134 cm³/mol. The first-order valence-corrected chi connectivity index (χ1v) is 11.2. The van der Waals surface area contributed by atoms with Crippen molar-refractivity contribution in [1.82, 2.24) is 0 Å². The van der Waals surface area contributed by atoms with Crippen molar-refractivity contribution in [2.45, 2.75) is 33.1 Å². The van der Waals surface area contributed by atoms with Crippen LogP contribution >= 0.6 is 0 Å². The molecular formula is C29H28O6. The lowest BCUT2D eigenvalue weighted by molar-refractivity contribution is 0.449. The van der Waals surface area contributed by atoms with Crippen molar-refractivity contribution in [2.24, 2.45) is 0 Å². The molecule has 0 saturated heterocycles. The highest BCUT2D eigenvalue weighted by Crippen LogP contribution is 2.36. The molecule has 4 aromatic carbocycles. The summed E-state index contributed by atoms with van der Waals surface area (Å²) in [6.45, 7) is 3.81. The van der Waals surface area contributed by atoms with E-state index in [4.69, 9.17) is 0 Å². The molecule has 4 rings (SSSR count). The number of hydrogen-bond donors (Lipinski definition) is 6. The topological polar surface area (TPSA) is 121 Å². The molecule has 4 aromatic rings. The molecule has 0 heterocycles. The molecule has 0 spiro atoms. The third-order valence-corrected chi connectivity index (χ3v) is 6.09. The molecule has 0 amide bonds. The molecule has 6 heteroatoms. The molecule has 0 unspecified atom stereocenters. The van der Waals surface area contributed by atoms with Gasteiger partial charge in [-0.05, 0) is 72.5 Å². The van der Waals surface area contributed by atoms with E-state index in [1.54, 1.807) is 0 Å². The van der Waals surface area contributed by atoms with Gasteiger partial charge in [0.05, 0.1) is 0 Å². The quantitative estimate of drug-likeness (QED) is 0.212. The van der Waals surface area contributed by atoms with Crippen molar-refractivity contribution in [3.8, 4) is 34.5 Å². The average Bonchev–Trinajstić information content (AvgIpc) is 2.79. The maximum Gasteiger partial charge on any atom is 0.122 e. The molecule has 0 aliphatic rings. The van der Waals surface area contributed by atoms with E-state index in [1.807, 2.05) is 38.1 Å². The summed E-state index contributed by atoms with van der Waals surface area (Å²) in [6, 6.07) is 15.9. The molecule has 0 atom stereocenters. The lowest BCUT2D eigenvalue weighted by atomic mass is 9.92. The van der Waals surface area contributed by atoms with Gasteiger partial charge in [-0.15, -0.1) is 0 Å². The first kappa shape index (κ1) is 23.8. The van der Waals surface area contributed by atoms with Crippen LogP contribution in [0.5, 0.6) is 34.5 Å². The molecule has 180 valence electrons. The highest BCUT2D eigenvalue weighted by molar-refractivity contribution is 5.54. The van der Waals surface area contributed by atoms with E-state index in [9.17, 15) is 30.6 Å². The lowest BCUT2D eigenvalue weighted by Gasteiger charge is -2.16. The maximum absolute atomic E-state index is 11.0.